The van der Waals surface area contributed by atoms with Gasteiger partial charge >= 0.3 is 0 Å². The van der Waals surface area contributed by atoms with E-state index in [4.69, 9.17) is 4.42 Å². The van der Waals surface area contributed by atoms with Crippen molar-refractivity contribution in [3.63, 3.8) is 0 Å². The molecule has 20 heavy (non-hydrogen) atoms. The molecule has 3 rings (SSSR count). The molecule has 3 heteroatoms. The van der Waals surface area contributed by atoms with Crippen LogP contribution in [0.1, 0.15) is 37.1 Å². The zero-order valence-corrected chi connectivity index (χ0v) is 12.6. The SMILES string of the molecule is Cc1c(C(C)NC2CCCN(C)C2)oc2ccccc12. The van der Waals surface area contributed by atoms with E-state index in [9.17, 15) is 0 Å². The van der Waals surface area contributed by atoms with Gasteiger partial charge in [0.2, 0.25) is 0 Å². The summed E-state index contributed by atoms with van der Waals surface area (Å²) in [5.74, 6) is 1.08. The summed E-state index contributed by atoms with van der Waals surface area (Å²) in [5, 5.41) is 4.97. The third kappa shape index (κ3) is 2.60. The molecule has 1 aliphatic rings. The maximum Gasteiger partial charge on any atom is 0.134 e. The zero-order chi connectivity index (χ0) is 14.1. The van der Waals surface area contributed by atoms with E-state index >= 15 is 0 Å². The van der Waals surface area contributed by atoms with Crippen LogP contribution in [0.15, 0.2) is 28.7 Å². The molecule has 1 aliphatic heterocycles. The van der Waals surface area contributed by atoms with Gasteiger partial charge in [-0.15, -0.1) is 0 Å². The average Bonchev–Trinajstić information content (AvgIpc) is 2.77. The molecule has 2 aromatic rings. The Morgan fingerprint density at radius 3 is 2.90 bits per heavy atom. The number of piperidine rings is 1. The highest BCUT2D eigenvalue weighted by Gasteiger charge is 2.22. The molecule has 0 bridgehead atoms. The Labute approximate surface area is 120 Å². The van der Waals surface area contributed by atoms with Crippen LogP contribution in [0.4, 0.5) is 0 Å². The molecule has 1 fully saturated rings. The number of aryl methyl sites for hydroxylation is 1. The number of likely N-dealkylation sites (tertiary alicyclic amines) is 1. The smallest absolute Gasteiger partial charge is 0.134 e. The number of nitrogens with zero attached hydrogens (tertiary/aromatic N) is 1. The lowest BCUT2D eigenvalue weighted by Gasteiger charge is -2.32. The van der Waals surface area contributed by atoms with E-state index in [-0.39, 0.29) is 6.04 Å². The fourth-order valence-electron chi connectivity index (χ4n) is 3.34. The van der Waals surface area contributed by atoms with Crippen LogP contribution in [0.2, 0.25) is 0 Å². The molecule has 0 spiro atoms. The monoisotopic (exact) mass is 272 g/mol. The number of rotatable bonds is 3. The lowest BCUT2D eigenvalue weighted by molar-refractivity contribution is 0.214. The minimum atomic E-state index is 0.263. The van der Waals surface area contributed by atoms with Crippen molar-refractivity contribution in [2.45, 2.75) is 38.8 Å². The zero-order valence-electron chi connectivity index (χ0n) is 12.6. The molecule has 3 nitrogen and oxygen atoms in total. The topological polar surface area (TPSA) is 28.4 Å². The van der Waals surface area contributed by atoms with Gasteiger partial charge in [-0.05, 0) is 51.9 Å². The van der Waals surface area contributed by atoms with E-state index in [2.05, 4.69) is 43.2 Å². The normalized spacial score (nSPS) is 22.2. The van der Waals surface area contributed by atoms with Crippen LogP contribution in [0.3, 0.4) is 0 Å². The lowest BCUT2D eigenvalue weighted by Crippen LogP contribution is -2.44. The van der Waals surface area contributed by atoms with E-state index in [1.165, 1.54) is 30.3 Å². The van der Waals surface area contributed by atoms with Gasteiger partial charge in [0.25, 0.3) is 0 Å². The van der Waals surface area contributed by atoms with Gasteiger partial charge in [-0.25, -0.2) is 0 Å². The standard InChI is InChI=1S/C17H24N2O/c1-12-15-8-4-5-9-16(15)20-17(12)13(2)18-14-7-6-10-19(3)11-14/h4-5,8-9,13-14,18H,6-7,10-11H2,1-3H3. The second-order valence-electron chi connectivity index (χ2n) is 6.08. The summed E-state index contributed by atoms with van der Waals surface area (Å²) < 4.78 is 6.05. The summed E-state index contributed by atoms with van der Waals surface area (Å²) in [6.45, 7) is 6.71. The minimum absolute atomic E-state index is 0.263. The Bertz CT molecular complexity index is 590. The highest BCUT2D eigenvalue weighted by molar-refractivity contribution is 5.82. The molecule has 1 N–H and O–H groups in total. The molecule has 0 radical (unpaired) electrons. The molecule has 108 valence electrons. The van der Waals surface area contributed by atoms with Crippen LogP contribution >= 0.6 is 0 Å². The van der Waals surface area contributed by atoms with Gasteiger partial charge in [0, 0.05) is 18.0 Å². The summed E-state index contributed by atoms with van der Waals surface area (Å²) in [7, 11) is 2.20. The van der Waals surface area contributed by atoms with Crippen LogP contribution < -0.4 is 5.32 Å². The maximum atomic E-state index is 6.05. The molecule has 2 unspecified atom stereocenters. The first-order valence-electron chi connectivity index (χ1n) is 7.58. The number of fused-ring (bicyclic) bond motifs is 1. The third-order valence-corrected chi connectivity index (χ3v) is 4.38. The number of nitrogens with one attached hydrogen (secondary N) is 1. The van der Waals surface area contributed by atoms with Crippen molar-refractivity contribution in [3.8, 4) is 0 Å². The molecule has 1 aromatic heterocycles. The number of benzene rings is 1. The van der Waals surface area contributed by atoms with Crippen LogP contribution in [-0.2, 0) is 0 Å². The Morgan fingerprint density at radius 1 is 1.35 bits per heavy atom. The molecule has 2 atom stereocenters. The first-order chi connectivity index (χ1) is 9.65. The average molecular weight is 272 g/mol. The van der Waals surface area contributed by atoms with Crippen molar-refractivity contribution in [2.24, 2.45) is 0 Å². The Kier molecular flexibility index (Phi) is 3.81. The Balaban J connectivity index is 1.78. The number of furan rings is 1. The molecule has 0 saturated carbocycles. The van der Waals surface area contributed by atoms with Gasteiger partial charge in [-0.1, -0.05) is 18.2 Å². The Hall–Kier alpha value is -1.32. The van der Waals surface area contributed by atoms with E-state index in [1.807, 2.05) is 12.1 Å². The number of para-hydroxylation sites is 1. The molecule has 0 aliphatic carbocycles. The van der Waals surface area contributed by atoms with Crippen molar-refractivity contribution in [1.82, 2.24) is 10.2 Å². The van der Waals surface area contributed by atoms with Crippen LogP contribution in [0.5, 0.6) is 0 Å². The molecule has 1 aromatic carbocycles. The minimum Gasteiger partial charge on any atom is -0.459 e. The molecular weight excluding hydrogens is 248 g/mol. The van der Waals surface area contributed by atoms with Gasteiger partial charge in [-0.3, -0.25) is 0 Å². The quantitative estimate of drug-likeness (QED) is 0.927. The van der Waals surface area contributed by atoms with Gasteiger partial charge in [0.15, 0.2) is 0 Å². The largest absolute Gasteiger partial charge is 0.459 e. The molecule has 1 saturated heterocycles. The Morgan fingerprint density at radius 2 is 2.15 bits per heavy atom. The first kappa shape index (κ1) is 13.7. The predicted molar refractivity (Wildman–Crippen MR) is 83.0 cm³/mol. The van der Waals surface area contributed by atoms with Crippen molar-refractivity contribution < 1.29 is 4.42 Å². The van der Waals surface area contributed by atoms with E-state index in [0.29, 0.717) is 6.04 Å². The molecular formula is C17H24N2O. The van der Waals surface area contributed by atoms with Crippen LogP contribution in [0, 0.1) is 6.92 Å². The third-order valence-electron chi connectivity index (χ3n) is 4.38. The van der Waals surface area contributed by atoms with Crippen molar-refractivity contribution in [2.75, 3.05) is 20.1 Å². The van der Waals surface area contributed by atoms with E-state index in [1.54, 1.807) is 0 Å². The highest BCUT2D eigenvalue weighted by Crippen LogP contribution is 2.29. The molecule has 0 amide bonds. The van der Waals surface area contributed by atoms with Gasteiger partial charge < -0.3 is 14.6 Å². The van der Waals surface area contributed by atoms with Gasteiger partial charge in [-0.2, -0.15) is 0 Å². The van der Waals surface area contributed by atoms with Crippen molar-refractivity contribution in [3.05, 3.63) is 35.6 Å². The number of hydrogen-bond acceptors (Lipinski definition) is 3. The van der Waals surface area contributed by atoms with E-state index in [0.717, 1.165) is 17.9 Å². The predicted octanol–water partition coefficient (Wildman–Crippen LogP) is 3.49. The summed E-state index contributed by atoms with van der Waals surface area (Å²) in [4.78, 5) is 2.40. The van der Waals surface area contributed by atoms with Crippen LogP contribution in [-0.4, -0.2) is 31.1 Å². The van der Waals surface area contributed by atoms with Gasteiger partial charge in [0.05, 0.1) is 6.04 Å². The lowest BCUT2D eigenvalue weighted by atomic mass is 10.0. The van der Waals surface area contributed by atoms with Crippen LogP contribution in [0.25, 0.3) is 11.0 Å². The summed E-state index contributed by atoms with van der Waals surface area (Å²) >= 11 is 0. The number of likely N-dealkylation sites (N-methyl/N-ethyl adjacent to an activating group) is 1. The van der Waals surface area contributed by atoms with E-state index < -0.39 is 0 Å². The highest BCUT2D eigenvalue weighted by atomic mass is 16.3. The van der Waals surface area contributed by atoms with Crippen molar-refractivity contribution >= 4 is 11.0 Å². The maximum absolute atomic E-state index is 6.05. The second kappa shape index (κ2) is 5.58. The first-order valence-corrected chi connectivity index (χ1v) is 7.58. The fraction of sp³-hybridized carbons (Fsp3) is 0.529. The number of hydrogen-bond donors (Lipinski definition) is 1. The molecule has 2 heterocycles. The van der Waals surface area contributed by atoms with Gasteiger partial charge in [0.1, 0.15) is 11.3 Å². The fourth-order valence-corrected chi connectivity index (χ4v) is 3.34. The summed E-state index contributed by atoms with van der Waals surface area (Å²) in [5.41, 5.74) is 2.26. The second-order valence-corrected chi connectivity index (χ2v) is 6.08. The van der Waals surface area contributed by atoms with Crippen molar-refractivity contribution in [1.29, 1.82) is 0 Å². The summed E-state index contributed by atoms with van der Waals surface area (Å²) in [6.07, 6.45) is 2.54. The summed E-state index contributed by atoms with van der Waals surface area (Å²) in [6, 6.07) is 9.12.